The summed E-state index contributed by atoms with van der Waals surface area (Å²) in [6.07, 6.45) is 1.94. The average Bonchev–Trinajstić information content (AvgIpc) is 2.63. The minimum atomic E-state index is 0. The molecule has 3 N–H and O–H groups in total. The summed E-state index contributed by atoms with van der Waals surface area (Å²) >= 11 is 0. The predicted octanol–water partition coefficient (Wildman–Crippen LogP) is 4.47. The van der Waals surface area contributed by atoms with E-state index in [0.29, 0.717) is 19.1 Å². The largest absolute Gasteiger partial charge is 0.491 e. The zero-order valence-electron chi connectivity index (χ0n) is 16.1. The van der Waals surface area contributed by atoms with E-state index in [1.807, 2.05) is 56.3 Å². The molecular formula is C21H30IN3O2. The van der Waals surface area contributed by atoms with Crippen molar-refractivity contribution in [1.29, 1.82) is 0 Å². The van der Waals surface area contributed by atoms with Gasteiger partial charge in [-0.05, 0) is 56.5 Å². The molecule has 0 saturated heterocycles. The molecule has 0 aromatic heterocycles. The first-order valence-electron chi connectivity index (χ1n) is 9.09. The normalized spacial score (nSPS) is 11.1. The summed E-state index contributed by atoms with van der Waals surface area (Å²) in [5, 5.41) is 3.08. The van der Waals surface area contributed by atoms with E-state index in [9.17, 15) is 0 Å². The summed E-state index contributed by atoms with van der Waals surface area (Å²) in [7, 11) is 0. The van der Waals surface area contributed by atoms with Crippen LogP contribution in [0.25, 0.3) is 0 Å². The number of aliphatic imine (C=N–C) groups is 1. The number of hydrogen-bond donors (Lipinski definition) is 2. The van der Waals surface area contributed by atoms with Gasteiger partial charge in [0.25, 0.3) is 0 Å². The molecule has 0 bridgehead atoms. The molecule has 6 heteroatoms. The van der Waals surface area contributed by atoms with Gasteiger partial charge in [0.2, 0.25) is 0 Å². The van der Waals surface area contributed by atoms with Crippen LogP contribution in [0.2, 0.25) is 0 Å². The highest BCUT2D eigenvalue weighted by Crippen LogP contribution is 2.16. The minimum Gasteiger partial charge on any atom is -0.491 e. The van der Waals surface area contributed by atoms with Crippen LogP contribution in [0.1, 0.15) is 25.8 Å². The molecule has 2 rings (SSSR count). The summed E-state index contributed by atoms with van der Waals surface area (Å²) in [6, 6.07) is 18.0. The summed E-state index contributed by atoms with van der Waals surface area (Å²) in [6.45, 7) is 6.06. The second kappa shape index (κ2) is 13.4. The zero-order valence-corrected chi connectivity index (χ0v) is 18.4. The first-order chi connectivity index (χ1) is 12.6. The topological polar surface area (TPSA) is 68.9 Å². The van der Waals surface area contributed by atoms with Gasteiger partial charge in [-0.2, -0.15) is 0 Å². The SMILES string of the molecule is CC(C)Oc1ccc(NC(N)=NCCCOCCc2ccccc2)cc1.I. The van der Waals surface area contributed by atoms with E-state index in [0.717, 1.165) is 30.9 Å². The Bertz CT molecular complexity index is 661. The lowest BCUT2D eigenvalue weighted by atomic mass is 10.2. The number of halogens is 1. The fourth-order valence-electron chi connectivity index (χ4n) is 2.38. The van der Waals surface area contributed by atoms with Crippen LogP contribution < -0.4 is 15.8 Å². The van der Waals surface area contributed by atoms with Crippen LogP contribution in [0, 0.1) is 0 Å². The number of ether oxygens (including phenoxy) is 2. The Balaban J connectivity index is 0.00000364. The van der Waals surface area contributed by atoms with Gasteiger partial charge in [0.05, 0.1) is 12.7 Å². The van der Waals surface area contributed by atoms with Gasteiger partial charge in [-0.25, -0.2) is 0 Å². The molecular weight excluding hydrogens is 453 g/mol. The van der Waals surface area contributed by atoms with E-state index in [1.165, 1.54) is 5.56 Å². The van der Waals surface area contributed by atoms with Crippen LogP contribution in [0.3, 0.4) is 0 Å². The molecule has 0 fully saturated rings. The highest BCUT2D eigenvalue weighted by molar-refractivity contribution is 14.0. The van der Waals surface area contributed by atoms with Crippen molar-refractivity contribution in [3.05, 3.63) is 60.2 Å². The van der Waals surface area contributed by atoms with Gasteiger partial charge in [-0.3, -0.25) is 4.99 Å². The molecule has 0 spiro atoms. The van der Waals surface area contributed by atoms with Crippen molar-refractivity contribution in [2.24, 2.45) is 10.7 Å². The van der Waals surface area contributed by atoms with Crippen LogP contribution >= 0.6 is 24.0 Å². The molecule has 27 heavy (non-hydrogen) atoms. The maximum atomic E-state index is 5.91. The van der Waals surface area contributed by atoms with E-state index in [4.69, 9.17) is 15.2 Å². The summed E-state index contributed by atoms with van der Waals surface area (Å²) < 4.78 is 11.2. The Kier molecular flexibility index (Phi) is 11.5. The second-order valence-electron chi connectivity index (χ2n) is 6.28. The van der Waals surface area contributed by atoms with Crippen LogP contribution in [-0.2, 0) is 11.2 Å². The van der Waals surface area contributed by atoms with Crippen LogP contribution in [0.15, 0.2) is 59.6 Å². The molecule has 0 unspecified atom stereocenters. The van der Waals surface area contributed by atoms with Gasteiger partial charge in [-0.15, -0.1) is 24.0 Å². The zero-order chi connectivity index (χ0) is 18.6. The summed E-state index contributed by atoms with van der Waals surface area (Å²) in [5.41, 5.74) is 8.09. The van der Waals surface area contributed by atoms with Crippen molar-refractivity contribution in [2.45, 2.75) is 32.8 Å². The number of anilines is 1. The van der Waals surface area contributed by atoms with E-state index in [1.54, 1.807) is 0 Å². The lowest BCUT2D eigenvalue weighted by molar-refractivity contribution is 0.136. The molecule has 2 aromatic carbocycles. The molecule has 0 aliphatic rings. The number of nitrogens with two attached hydrogens (primary N) is 1. The summed E-state index contributed by atoms with van der Waals surface area (Å²) in [4.78, 5) is 4.32. The van der Waals surface area contributed by atoms with Crippen molar-refractivity contribution in [3.63, 3.8) is 0 Å². The Morgan fingerprint density at radius 3 is 2.41 bits per heavy atom. The molecule has 2 aromatic rings. The Hall–Kier alpha value is -1.80. The summed E-state index contributed by atoms with van der Waals surface area (Å²) in [5.74, 6) is 1.25. The van der Waals surface area contributed by atoms with Crippen molar-refractivity contribution in [2.75, 3.05) is 25.1 Å². The molecule has 148 valence electrons. The first kappa shape index (κ1) is 23.2. The van der Waals surface area contributed by atoms with Gasteiger partial charge in [0.1, 0.15) is 5.75 Å². The van der Waals surface area contributed by atoms with E-state index in [-0.39, 0.29) is 30.1 Å². The lowest BCUT2D eigenvalue weighted by Crippen LogP contribution is -2.23. The molecule has 0 saturated carbocycles. The monoisotopic (exact) mass is 483 g/mol. The minimum absolute atomic E-state index is 0. The molecule has 0 atom stereocenters. The average molecular weight is 483 g/mol. The molecule has 0 aliphatic heterocycles. The molecule has 0 heterocycles. The number of rotatable bonds is 10. The highest BCUT2D eigenvalue weighted by atomic mass is 127. The fraction of sp³-hybridized carbons (Fsp3) is 0.381. The third-order valence-electron chi connectivity index (χ3n) is 3.61. The molecule has 0 aliphatic carbocycles. The van der Waals surface area contributed by atoms with Crippen molar-refractivity contribution >= 4 is 35.6 Å². The van der Waals surface area contributed by atoms with Gasteiger partial charge in [0.15, 0.2) is 5.96 Å². The quantitative estimate of drug-likeness (QED) is 0.227. The van der Waals surface area contributed by atoms with E-state index >= 15 is 0 Å². The number of nitrogens with one attached hydrogen (secondary N) is 1. The maximum absolute atomic E-state index is 5.91. The van der Waals surface area contributed by atoms with Crippen LogP contribution in [-0.4, -0.2) is 31.8 Å². The third kappa shape index (κ3) is 10.2. The van der Waals surface area contributed by atoms with Crippen molar-refractivity contribution in [3.8, 4) is 5.75 Å². The Morgan fingerprint density at radius 2 is 1.74 bits per heavy atom. The standard InChI is InChI=1S/C21H29N3O2.HI/c1-17(2)26-20-11-9-19(10-12-20)24-21(22)23-14-6-15-25-16-13-18-7-4-3-5-8-18;/h3-5,7-12,17H,6,13-16H2,1-2H3,(H3,22,23,24);1H. The highest BCUT2D eigenvalue weighted by Gasteiger charge is 1.99. The molecule has 0 amide bonds. The predicted molar refractivity (Wildman–Crippen MR) is 123 cm³/mol. The lowest BCUT2D eigenvalue weighted by Gasteiger charge is -2.11. The smallest absolute Gasteiger partial charge is 0.193 e. The number of hydrogen-bond acceptors (Lipinski definition) is 3. The van der Waals surface area contributed by atoms with Crippen LogP contribution in [0.5, 0.6) is 5.75 Å². The molecule has 5 nitrogen and oxygen atoms in total. The van der Waals surface area contributed by atoms with E-state index in [2.05, 4.69) is 22.4 Å². The van der Waals surface area contributed by atoms with Crippen LogP contribution in [0.4, 0.5) is 5.69 Å². The van der Waals surface area contributed by atoms with E-state index < -0.39 is 0 Å². The third-order valence-corrected chi connectivity index (χ3v) is 3.61. The van der Waals surface area contributed by atoms with Gasteiger partial charge in [-0.1, -0.05) is 30.3 Å². The Labute approximate surface area is 179 Å². The van der Waals surface area contributed by atoms with Gasteiger partial charge >= 0.3 is 0 Å². The molecule has 0 radical (unpaired) electrons. The van der Waals surface area contributed by atoms with Crippen molar-refractivity contribution < 1.29 is 9.47 Å². The van der Waals surface area contributed by atoms with Gasteiger partial charge in [0, 0.05) is 18.8 Å². The number of guanidine groups is 1. The van der Waals surface area contributed by atoms with Crippen molar-refractivity contribution in [1.82, 2.24) is 0 Å². The maximum Gasteiger partial charge on any atom is 0.193 e. The van der Waals surface area contributed by atoms with Gasteiger partial charge < -0.3 is 20.5 Å². The Morgan fingerprint density at radius 1 is 1.04 bits per heavy atom. The fourth-order valence-corrected chi connectivity index (χ4v) is 2.38. The number of benzene rings is 2. The number of nitrogens with zero attached hydrogens (tertiary/aromatic N) is 1. The second-order valence-corrected chi connectivity index (χ2v) is 6.28. The first-order valence-corrected chi connectivity index (χ1v) is 9.09.